The Hall–Kier alpha value is -2.55. The Bertz CT molecular complexity index is 726. The van der Waals surface area contributed by atoms with Gasteiger partial charge in [-0.1, -0.05) is 23.7 Å². The highest BCUT2D eigenvalue weighted by Crippen LogP contribution is 2.15. The van der Waals surface area contributed by atoms with Gasteiger partial charge in [-0.05, 0) is 43.4 Å². The van der Waals surface area contributed by atoms with Gasteiger partial charge in [0.15, 0.2) is 0 Å². The minimum atomic E-state index is -0.174. The van der Waals surface area contributed by atoms with Crippen LogP contribution in [0.2, 0.25) is 5.02 Å². The SMILES string of the molecule is CN(CCOc1ccc(Cl)cc1)CC(=O)Nc1ccccc1C#N. The zero-order valence-corrected chi connectivity index (χ0v) is 14.1. The van der Waals surface area contributed by atoms with Gasteiger partial charge in [-0.3, -0.25) is 9.69 Å². The van der Waals surface area contributed by atoms with Crippen molar-refractivity contribution in [3.63, 3.8) is 0 Å². The fraction of sp³-hybridized carbons (Fsp3) is 0.222. The van der Waals surface area contributed by atoms with Crippen LogP contribution in [0.25, 0.3) is 0 Å². The van der Waals surface area contributed by atoms with E-state index in [1.165, 1.54) is 0 Å². The predicted molar refractivity (Wildman–Crippen MR) is 94.2 cm³/mol. The Morgan fingerprint density at radius 3 is 2.67 bits per heavy atom. The lowest BCUT2D eigenvalue weighted by molar-refractivity contribution is -0.117. The Balaban J connectivity index is 1.75. The van der Waals surface area contributed by atoms with Crippen molar-refractivity contribution in [3.8, 4) is 11.8 Å². The van der Waals surface area contributed by atoms with Crippen LogP contribution in [-0.4, -0.2) is 37.6 Å². The van der Waals surface area contributed by atoms with Crippen molar-refractivity contribution in [1.82, 2.24) is 4.90 Å². The number of benzene rings is 2. The van der Waals surface area contributed by atoms with E-state index >= 15 is 0 Å². The van der Waals surface area contributed by atoms with Crippen molar-refractivity contribution >= 4 is 23.2 Å². The molecule has 0 saturated heterocycles. The number of nitriles is 1. The second-order valence-corrected chi connectivity index (χ2v) is 5.68. The van der Waals surface area contributed by atoms with Gasteiger partial charge in [-0.25, -0.2) is 0 Å². The van der Waals surface area contributed by atoms with Crippen molar-refractivity contribution < 1.29 is 9.53 Å². The molecule has 24 heavy (non-hydrogen) atoms. The molecule has 2 aromatic carbocycles. The summed E-state index contributed by atoms with van der Waals surface area (Å²) in [6.07, 6.45) is 0. The molecule has 0 aromatic heterocycles. The lowest BCUT2D eigenvalue weighted by Crippen LogP contribution is -2.33. The largest absolute Gasteiger partial charge is 0.492 e. The average molecular weight is 344 g/mol. The van der Waals surface area contributed by atoms with Gasteiger partial charge in [-0.2, -0.15) is 5.26 Å². The van der Waals surface area contributed by atoms with E-state index in [4.69, 9.17) is 21.6 Å². The predicted octanol–water partition coefficient (Wildman–Crippen LogP) is 3.16. The molecule has 6 heteroatoms. The van der Waals surface area contributed by atoms with E-state index in [-0.39, 0.29) is 12.5 Å². The summed E-state index contributed by atoms with van der Waals surface area (Å²) in [7, 11) is 1.83. The highest BCUT2D eigenvalue weighted by molar-refractivity contribution is 6.30. The molecule has 1 amide bonds. The molecular weight excluding hydrogens is 326 g/mol. The van der Waals surface area contributed by atoms with Gasteiger partial charge in [0.1, 0.15) is 18.4 Å². The summed E-state index contributed by atoms with van der Waals surface area (Å²) in [5.74, 6) is 0.562. The number of carbonyl (C=O) groups is 1. The molecule has 2 rings (SSSR count). The van der Waals surface area contributed by atoms with Gasteiger partial charge in [0, 0.05) is 11.6 Å². The van der Waals surface area contributed by atoms with E-state index in [9.17, 15) is 4.79 Å². The Kier molecular flexibility index (Phi) is 6.62. The number of nitrogens with zero attached hydrogens (tertiary/aromatic N) is 2. The number of anilines is 1. The van der Waals surface area contributed by atoms with E-state index in [1.807, 2.05) is 11.9 Å². The molecule has 5 nitrogen and oxygen atoms in total. The van der Waals surface area contributed by atoms with Crippen molar-refractivity contribution in [1.29, 1.82) is 5.26 Å². The van der Waals surface area contributed by atoms with Crippen LogP contribution >= 0.6 is 11.6 Å². The molecule has 0 atom stereocenters. The number of para-hydroxylation sites is 1. The molecule has 0 bridgehead atoms. The minimum absolute atomic E-state index is 0.174. The highest BCUT2D eigenvalue weighted by atomic mass is 35.5. The van der Waals surface area contributed by atoms with Gasteiger partial charge < -0.3 is 10.1 Å². The number of nitrogens with one attached hydrogen (secondary N) is 1. The fourth-order valence-corrected chi connectivity index (χ4v) is 2.18. The minimum Gasteiger partial charge on any atom is -0.492 e. The van der Waals surface area contributed by atoms with Crippen molar-refractivity contribution in [2.75, 3.05) is 32.1 Å². The molecule has 0 aliphatic carbocycles. The first kappa shape index (κ1) is 17.8. The highest BCUT2D eigenvalue weighted by Gasteiger charge is 2.09. The van der Waals surface area contributed by atoms with Crippen LogP contribution in [0.5, 0.6) is 5.75 Å². The maximum absolute atomic E-state index is 12.0. The van der Waals surface area contributed by atoms with E-state index in [2.05, 4.69) is 11.4 Å². The summed E-state index contributed by atoms with van der Waals surface area (Å²) in [5, 5.41) is 12.4. The number of hydrogen-bond donors (Lipinski definition) is 1. The molecule has 0 radical (unpaired) electrons. The molecule has 2 aromatic rings. The third-order valence-corrected chi connectivity index (χ3v) is 3.54. The van der Waals surface area contributed by atoms with Gasteiger partial charge in [-0.15, -0.1) is 0 Å². The summed E-state index contributed by atoms with van der Waals surface area (Å²) >= 11 is 5.81. The number of ether oxygens (including phenoxy) is 1. The first-order chi connectivity index (χ1) is 11.6. The number of likely N-dealkylation sites (N-methyl/N-ethyl adjacent to an activating group) is 1. The first-order valence-corrected chi connectivity index (χ1v) is 7.82. The molecule has 0 heterocycles. The number of rotatable bonds is 7. The van der Waals surface area contributed by atoms with Crippen LogP contribution in [0.1, 0.15) is 5.56 Å². The van der Waals surface area contributed by atoms with Crippen LogP contribution in [0.4, 0.5) is 5.69 Å². The molecule has 0 aliphatic rings. The molecule has 0 spiro atoms. The third-order valence-electron chi connectivity index (χ3n) is 3.29. The van der Waals surface area contributed by atoms with Crippen LogP contribution in [0.15, 0.2) is 48.5 Å². The van der Waals surface area contributed by atoms with Gasteiger partial charge in [0.05, 0.1) is 17.8 Å². The van der Waals surface area contributed by atoms with Gasteiger partial charge in [0.25, 0.3) is 0 Å². The molecular formula is C18H18ClN3O2. The topological polar surface area (TPSA) is 65.4 Å². The first-order valence-electron chi connectivity index (χ1n) is 7.44. The summed E-state index contributed by atoms with van der Waals surface area (Å²) in [4.78, 5) is 13.9. The van der Waals surface area contributed by atoms with Crippen LogP contribution in [0.3, 0.4) is 0 Å². The molecule has 124 valence electrons. The summed E-state index contributed by atoms with van der Waals surface area (Å²) in [5.41, 5.74) is 0.968. The van der Waals surface area contributed by atoms with Gasteiger partial charge in [0.2, 0.25) is 5.91 Å². The molecule has 0 unspecified atom stereocenters. The lowest BCUT2D eigenvalue weighted by Gasteiger charge is -2.17. The standard InChI is InChI=1S/C18H18ClN3O2/c1-22(10-11-24-16-8-6-15(19)7-9-16)13-18(23)21-17-5-3-2-4-14(17)12-20/h2-9H,10-11,13H2,1H3,(H,21,23). The number of hydrogen-bond acceptors (Lipinski definition) is 4. The quantitative estimate of drug-likeness (QED) is 0.838. The van der Waals surface area contributed by atoms with Crippen molar-refractivity contribution in [2.24, 2.45) is 0 Å². The fourth-order valence-electron chi connectivity index (χ4n) is 2.05. The second-order valence-electron chi connectivity index (χ2n) is 5.25. The van der Waals surface area contributed by atoms with E-state index in [0.717, 1.165) is 5.75 Å². The van der Waals surface area contributed by atoms with Crippen LogP contribution < -0.4 is 10.1 Å². The van der Waals surface area contributed by atoms with Crippen molar-refractivity contribution in [2.45, 2.75) is 0 Å². The van der Waals surface area contributed by atoms with Crippen LogP contribution in [0, 0.1) is 11.3 Å². The second kappa shape index (κ2) is 8.92. The summed E-state index contributed by atoms with van der Waals surface area (Å²) in [6, 6.07) is 16.1. The number of amides is 1. The molecule has 0 fully saturated rings. The zero-order chi connectivity index (χ0) is 17.4. The molecule has 0 aliphatic heterocycles. The summed E-state index contributed by atoms with van der Waals surface area (Å²) in [6.45, 7) is 1.26. The third kappa shape index (κ3) is 5.58. The Labute approximate surface area is 146 Å². The normalized spacial score (nSPS) is 10.2. The zero-order valence-electron chi connectivity index (χ0n) is 13.3. The van der Waals surface area contributed by atoms with E-state index < -0.39 is 0 Å². The Morgan fingerprint density at radius 2 is 1.96 bits per heavy atom. The average Bonchev–Trinajstić information content (AvgIpc) is 2.57. The van der Waals surface area contributed by atoms with Crippen molar-refractivity contribution in [3.05, 3.63) is 59.1 Å². The molecule has 1 N–H and O–H groups in total. The maximum Gasteiger partial charge on any atom is 0.238 e. The Morgan fingerprint density at radius 1 is 1.25 bits per heavy atom. The monoisotopic (exact) mass is 343 g/mol. The maximum atomic E-state index is 12.0. The number of carbonyl (C=O) groups excluding carboxylic acids is 1. The number of halogens is 1. The van der Waals surface area contributed by atoms with Crippen LogP contribution in [-0.2, 0) is 4.79 Å². The van der Waals surface area contributed by atoms with Gasteiger partial charge >= 0.3 is 0 Å². The van der Waals surface area contributed by atoms with E-state index in [1.54, 1.807) is 48.5 Å². The lowest BCUT2D eigenvalue weighted by atomic mass is 10.2. The molecule has 0 saturated carbocycles. The smallest absolute Gasteiger partial charge is 0.238 e. The van der Waals surface area contributed by atoms with E-state index in [0.29, 0.717) is 29.4 Å². The summed E-state index contributed by atoms with van der Waals surface area (Å²) < 4.78 is 5.59.